The summed E-state index contributed by atoms with van der Waals surface area (Å²) in [6.07, 6.45) is 2.74. The summed E-state index contributed by atoms with van der Waals surface area (Å²) in [5.74, 6) is 0.736. The van der Waals surface area contributed by atoms with Crippen molar-refractivity contribution in [2.75, 3.05) is 18.4 Å². The molecule has 0 spiro atoms. The molecule has 2 N–H and O–H groups in total. The van der Waals surface area contributed by atoms with Crippen molar-refractivity contribution in [3.63, 3.8) is 0 Å². The lowest BCUT2D eigenvalue weighted by Gasteiger charge is -2.28. The maximum atomic E-state index is 12.0. The van der Waals surface area contributed by atoms with Gasteiger partial charge in [0.1, 0.15) is 0 Å². The Hall–Kier alpha value is -1.66. The van der Waals surface area contributed by atoms with E-state index in [0.717, 1.165) is 25.9 Å². The molecule has 1 amide bonds. The number of carbonyl (C=O) groups is 1. The molecular formula is C15H22ClN3O3. The average molecular weight is 328 g/mol. The highest BCUT2D eigenvalue weighted by molar-refractivity contribution is 5.91. The van der Waals surface area contributed by atoms with Gasteiger partial charge in [0, 0.05) is 24.2 Å². The van der Waals surface area contributed by atoms with E-state index >= 15 is 0 Å². The van der Waals surface area contributed by atoms with Crippen molar-refractivity contribution in [2.24, 2.45) is 11.8 Å². The molecule has 6 nitrogen and oxygen atoms in total. The van der Waals surface area contributed by atoms with Gasteiger partial charge in [0.2, 0.25) is 5.91 Å². The van der Waals surface area contributed by atoms with E-state index in [1.165, 1.54) is 12.1 Å². The van der Waals surface area contributed by atoms with Crippen LogP contribution in [-0.2, 0) is 4.79 Å². The molecule has 1 aliphatic rings. The number of amides is 1. The van der Waals surface area contributed by atoms with Gasteiger partial charge in [-0.05, 0) is 43.8 Å². The number of rotatable bonds is 5. The van der Waals surface area contributed by atoms with Crippen molar-refractivity contribution >= 4 is 29.7 Å². The molecule has 0 aromatic heterocycles. The molecule has 1 aromatic carbocycles. The highest BCUT2D eigenvalue weighted by atomic mass is 35.5. The minimum Gasteiger partial charge on any atom is -0.326 e. The molecule has 0 saturated carbocycles. The van der Waals surface area contributed by atoms with Gasteiger partial charge in [-0.15, -0.1) is 12.4 Å². The van der Waals surface area contributed by atoms with Crippen molar-refractivity contribution < 1.29 is 9.72 Å². The first kappa shape index (κ1) is 18.4. The Morgan fingerprint density at radius 3 is 2.95 bits per heavy atom. The fraction of sp³-hybridized carbons (Fsp3) is 0.533. The van der Waals surface area contributed by atoms with Gasteiger partial charge in [0.05, 0.1) is 4.92 Å². The molecule has 122 valence electrons. The molecule has 1 saturated heterocycles. The molecule has 2 atom stereocenters. The summed E-state index contributed by atoms with van der Waals surface area (Å²) in [6, 6.07) is 6.02. The van der Waals surface area contributed by atoms with Gasteiger partial charge in [0.25, 0.3) is 5.69 Å². The first-order valence-corrected chi connectivity index (χ1v) is 7.31. The normalized spacial score (nSPS) is 18.9. The minimum atomic E-state index is -0.466. The number of hydrogen-bond acceptors (Lipinski definition) is 4. The van der Waals surface area contributed by atoms with Crippen LogP contribution >= 0.6 is 12.4 Å². The number of carbonyl (C=O) groups excluding carboxylic acids is 1. The fourth-order valence-corrected chi connectivity index (χ4v) is 2.73. The van der Waals surface area contributed by atoms with Crippen LogP contribution in [0, 0.1) is 22.0 Å². The number of nitrogens with zero attached hydrogens (tertiary/aromatic N) is 1. The summed E-state index contributed by atoms with van der Waals surface area (Å²) in [6.45, 7) is 4.11. The molecule has 2 rings (SSSR count). The summed E-state index contributed by atoms with van der Waals surface area (Å²) < 4.78 is 0. The zero-order valence-corrected chi connectivity index (χ0v) is 13.4. The van der Waals surface area contributed by atoms with Gasteiger partial charge in [-0.25, -0.2) is 0 Å². The van der Waals surface area contributed by atoms with E-state index in [4.69, 9.17) is 0 Å². The van der Waals surface area contributed by atoms with Crippen LogP contribution in [0.2, 0.25) is 0 Å². The first-order valence-electron chi connectivity index (χ1n) is 7.31. The number of nitro groups is 1. The Balaban J connectivity index is 0.00000242. The SMILES string of the molecule is CC(CC(=O)Nc1cccc([N+](=O)[O-])c1)C1CCCNC1.Cl. The Morgan fingerprint density at radius 2 is 2.32 bits per heavy atom. The van der Waals surface area contributed by atoms with E-state index in [0.29, 0.717) is 23.9 Å². The van der Waals surface area contributed by atoms with Crippen molar-refractivity contribution in [3.05, 3.63) is 34.4 Å². The van der Waals surface area contributed by atoms with E-state index in [2.05, 4.69) is 17.6 Å². The predicted molar refractivity (Wildman–Crippen MR) is 88.3 cm³/mol. The van der Waals surface area contributed by atoms with Crippen LogP contribution in [0.4, 0.5) is 11.4 Å². The second kappa shape index (κ2) is 8.70. The molecule has 22 heavy (non-hydrogen) atoms. The third-order valence-electron chi connectivity index (χ3n) is 3.99. The smallest absolute Gasteiger partial charge is 0.271 e. The van der Waals surface area contributed by atoms with Gasteiger partial charge in [-0.1, -0.05) is 13.0 Å². The lowest BCUT2D eigenvalue weighted by atomic mass is 9.85. The number of halogens is 1. The number of non-ortho nitro benzene ring substituents is 1. The van der Waals surface area contributed by atoms with Crippen LogP contribution < -0.4 is 10.6 Å². The standard InChI is InChI=1S/C15H21N3O3.ClH/c1-11(12-4-3-7-16-10-12)8-15(19)17-13-5-2-6-14(9-13)18(20)21;/h2,5-6,9,11-12,16H,3-4,7-8,10H2,1H3,(H,17,19);1H. The number of nitrogens with one attached hydrogen (secondary N) is 2. The lowest BCUT2D eigenvalue weighted by Crippen LogP contribution is -2.34. The van der Waals surface area contributed by atoms with E-state index < -0.39 is 4.92 Å². The van der Waals surface area contributed by atoms with Gasteiger partial charge in [-0.3, -0.25) is 14.9 Å². The second-order valence-electron chi connectivity index (χ2n) is 5.64. The van der Waals surface area contributed by atoms with E-state index in [1.54, 1.807) is 12.1 Å². The van der Waals surface area contributed by atoms with Crippen molar-refractivity contribution in [1.82, 2.24) is 5.32 Å². The monoisotopic (exact) mass is 327 g/mol. The molecular weight excluding hydrogens is 306 g/mol. The van der Waals surface area contributed by atoms with Gasteiger partial charge in [0.15, 0.2) is 0 Å². The van der Waals surface area contributed by atoms with Crippen LogP contribution in [0.5, 0.6) is 0 Å². The topological polar surface area (TPSA) is 84.3 Å². The van der Waals surface area contributed by atoms with Crippen molar-refractivity contribution in [2.45, 2.75) is 26.2 Å². The Kier molecular flexibility index (Phi) is 7.27. The summed E-state index contributed by atoms with van der Waals surface area (Å²) in [5, 5.41) is 16.8. The Bertz CT molecular complexity index is 519. The third kappa shape index (κ3) is 5.27. The summed E-state index contributed by atoms with van der Waals surface area (Å²) in [7, 11) is 0. The van der Waals surface area contributed by atoms with Crippen molar-refractivity contribution in [3.8, 4) is 0 Å². The summed E-state index contributed by atoms with van der Waals surface area (Å²) in [5.41, 5.74) is 0.459. The number of nitro benzene ring substituents is 1. The average Bonchev–Trinajstić information content (AvgIpc) is 2.48. The lowest BCUT2D eigenvalue weighted by molar-refractivity contribution is -0.384. The second-order valence-corrected chi connectivity index (χ2v) is 5.64. The highest BCUT2D eigenvalue weighted by Gasteiger charge is 2.22. The number of piperidine rings is 1. The largest absolute Gasteiger partial charge is 0.326 e. The van der Waals surface area contributed by atoms with Crippen LogP contribution in [-0.4, -0.2) is 23.9 Å². The fourth-order valence-electron chi connectivity index (χ4n) is 2.73. The summed E-state index contributed by atoms with van der Waals surface area (Å²) >= 11 is 0. The zero-order chi connectivity index (χ0) is 15.2. The van der Waals surface area contributed by atoms with E-state index in [9.17, 15) is 14.9 Å². The molecule has 1 heterocycles. The number of anilines is 1. The van der Waals surface area contributed by atoms with E-state index in [-0.39, 0.29) is 24.0 Å². The maximum Gasteiger partial charge on any atom is 0.271 e. The maximum absolute atomic E-state index is 12.0. The van der Waals surface area contributed by atoms with E-state index in [1.807, 2.05) is 0 Å². The highest BCUT2D eigenvalue weighted by Crippen LogP contribution is 2.23. The molecule has 7 heteroatoms. The number of hydrogen-bond donors (Lipinski definition) is 2. The van der Waals surface area contributed by atoms with Crippen LogP contribution in [0.1, 0.15) is 26.2 Å². The van der Waals surface area contributed by atoms with Crippen molar-refractivity contribution in [1.29, 1.82) is 0 Å². The molecule has 0 radical (unpaired) electrons. The molecule has 0 aliphatic carbocycles. The molecule has 0 bridgehead atoms. The summed E-state index contributed by atoms with van der Waals surface area (Å²) in [4.78, 5) is 22.3. The molecule has 2 unspecified atom stereocenters. The quantitative estimate of drug-likeness (QED) is 0.643. The minimum absolute atomic E-state index is 0. The molecule has 1 aromatic rings. The third-order valence-corrected chi connectivity index (χ3v) is 3.99. The molecule has 1 fully saturated rings. The predicted octanol–water partition coefficient (Wildman–Crippen LogP) is 2.98. The Labute approximate surface area is 136 Å². The van der Waals surface area contributed by atoms with Gasteiger partial charge < -0.3 is 10.6 Å². The van der Waals surface area contributed by atoms with Crippen LogP contribution in [0.15, 0.2) is 24.3 Å². The van der Waals surface area contributed by atoms with Crippen LogP contribution in [0.25, 0.3) is 0 Å². The zero-order valence-electron chi connectivity index (χ0n) is 12.6. The van der Waals surface area contributed by atoms with Crippen LogP contribution in [0.3, 0.4) is 0 Å². The number of benzene rings is 1. The molecule has 1 aliphatic heterocycles. The Morgan fingerprint density at radius 1 is 1.55 bits per heavy atom. The van der Waals surface area contributed by atoms with Gasteiger partial charge >= 0.3 is 0 Å². The first-order chi connectivity index (χ1) is 10.1. The van der Waals surface area contributed by atoms with Gasteiger partial charge in [-0.2, -0.15) is 0 Å².